The molecule has 0 fully saturated rings. The number of hydrogen-bond donors (Lipinski definition) is 2. The van der Waals surface area contributed by atoms with E-state index in [0.717, 1.165) is 11.3 Å². The maximum atomic E-state index is 12.4. The molecule has 1 aliphatic rings. The van der Waals surface area contributed by atoms with Gasteiger partial charge in [-0.2, -0.15) is 0 Å². The molecule has 1 atom stereocenters. The van der Waals surface area contributed by atoms with Gasteiger partial charge >= 0.3 is 0 Å². The highest BCUT2D eigenvalue weighted by Gasteiger charge is 2.28. The molecule has 0 bridgehead atoms. The van der Waals surface area contributed by atoms with Crippen molar-refractivity contribution in [1.29, 1.82) is 0 Å². The third-order valence-corrected chi connectivity index (χ3v) is 6.03. The number of sulfonamides is 1. The number of nitrogens with one attached hydrogen (secondary N) is 2. The van der Waals surface area contributed by atoms with Crippen molar-refractivity contribution < 1.29 is 17.9 Å². The van der Waals surface area contributed by atoms with Gasteiger partial charge in [0.05, 0.1) is 17.1 Å². The summed E-state index contributed by atoms with van der Waals surface area (Å²) in [5, 5.41) is 2.81. The highest BCUT2D eigenvalue weighted by atomic mass is 32.2. The van der Waals surface area contributed by atoms with Crippen LogP contribution in [0.25, 0.3) is 0 Å². The van der Waals surface area contributed by atoms with Gasteiger partial charge in [0.2, 0.25) is 10.0 Å². The van der Waals surface area contributed by atoms with Gasteiger partial charge < -0.3 is 15.0 Å². The van der Waals surface area contributed by atoms with Crippen molar-refractivity contribution in [2.24, 2.45) is 0 Å². The number of rotatable bonds is 7. The maximum Gasteiger partial charge on any atom is 0.262 e. The fourth-order valence-corrected chi connectivity index (χ4v) is 4.04. The highest BCUT2D eigenvalue weighted by molar-refractivity contribution is 7.89. The second-order valence-electron chi connectivity index (χ2n) is 6.81. The smallest absolute Gasteiger partial charge is 0.262 e. The Morgan fingerprint density at radius 3 is 2.61 bits per heavy atom. The summed E-state index contributed by atoms with van der Waals surface area (Å²) in [4.78, 5) is 14.6. The van der Waals surface area contributed by atoms with E-state index >= 15 is 0 Å². The van der Waals surface area contributed by atoms with Crippen LogP contribution in [0.1, 0.15) is 12.0 Å². The molecule has 150 valence electrons. The summed E-state index contributed by atoms with van der Waals surface area (Å²) >= 11 is 0. The zero-order chi connectivity index (χ0) is 20.1. The average Bonchev–Trinajstić information content (AvgIpc) is 2.68. The lowest BCUT2D eigenvalue weighted by atomic mass is 10.2. The minimum Gasteiger partial charge on any atom is -0.477 e. The first-order valence-corrected chi connectivity index (χ1v) is 10.7. The predicted octanol–water partition coefficient (Wildman–Crippen LogP) is 1.68. The van der Waals surface area contributed by atoms with E-state index in [0.29, 0.717) is 25.3 Å². The van der Waals surface area contributed by atoms with Crippen molar-refractivity contribution in [3.63, 3.8) is 0 Å². The minimum absolute atomic E-state index is 0.206. The summed E-state index contributed by atoms with van der Waals surface area (Å²) in [5.74, 6) is 0.477. The van der Waals surface area contributed by atoms with Gasteiger partial charge in [0, 0.05) is 20.1 Å². The number of carbonyl (C=O) groups is 1. The van der Waals surface area contributed by atoms with Crippen LogP contribution in [0.15, 0.2) is 53.4 Å². The largest absolute Gasteiger partial charge is 0.477 e. The predicted molar refractivity (Wildman–Crippen MR) is 108 cm³/mol. The Bertz CT molecular complexity index is 929. The normalized spacial score (nSPS) is 16.2. The monoisotopic (exact) mass is 403 g/mol. The van der Waals surface area contributed by atoms with E-state index in [2.05, 4.69) is 10.0 Å². The Labute approximate surface area is 165 Å². The molecule has 1 aliphatic heterocycles. The fraction of sp³-hybridized carbons (Fsp3) is 0.350. The summed E-state index contributed by atoms with van der Waals surface area (Å²) in [5.41, 5.74) is 1.96. The molecule has 0 saturated carbocycles. The molecule has 2 N–H and O–H groups in total. The van der Waals surface area contributed by atoms with Crippen LogP contribution in [0, 0.1) is 6.92 Å². The second kappa shape index (κ2) is 8.62. The molecule has 1 amide bonds. The summed E-state index contributed by atoms with van der Waals surface area (Å²) in [6.45, 7) is 2.97. The number of anilines is 1. The molecule has 0 aliphatic carbocycles. The first kappa shape index (κ1) is 20.2. The summed E-state index contributed by atoms with van der Waals surface area (Å²) in [6.07, 6.45) is -0.111. The zero-order valence-corrected chi connectivity index (χ0v) is 16.8. The van der Waals surface area contributed by atoms with Gasteiger partial charge in [-0.05, 0) is 37.6 Å². The lowest BCUT2D eigenvalue weighted by Crippen LogP contribution is -2.48. The van der Waals surface area contributed by atoms with Crippen molar-refractivity contribution >= 4 is 21.6 Å². The van der Waals surface area contributed by atoms with Crippen molar-refractivity contribution in [3.8, 4) is 5.75 Å². The van der Waals surface area contributed by atoms with Crippen LogP contribution in [-0.2, 0) is 14.8 Å². The van der Waals surface area contributed by atoms with E-state index in [1.165, 1.54) is 0 Å². The minimum atomic E-state index is -3.53. The number of benzene rings is 2. The van der Waals surface area contributed by atoms with E-state index in [-0.39, 0.29) is 17.3 Å². The standard InChI is InChI=1S/C20H25N3O4S/c1-15-8-10-16(11-9-15)28(25,26)22-13-5-12-21-20(24)19-14-23(2)17-6-3-4-7-18(17)27-19/h3-4,6-11,19,22H,5,12-14H2,1-2H3,(H,21,24)/t19-/m0/s1. The van der Waals surface area contributed by atoms with Gasteiger partial charge in [-0.15, -0.1) is 0 Å². The highest BCUT2D eigenvalue weighted by Crippen LogP contribution is 2.31. The lowest BCUT2D eigenvalue weighted by Gasteiger charge is -2.32. The third kappa shape index (κ3) is 4.82. The topological polar surface area (TPSA) is 87.7 Å². The van der Waals surface area contributed by atoms with Crippen molar-refractivity contribution in [2.75, 3.05) is 31.6 Å². The van der Waals surface area contributed by atoms with E-state index in [4.69, 9.17) is 4.74 Å². The van der Waals surface area contributed by atoms with Gasteiger partial charge in [-0.1, -0.05) is 29.8 Å². The molecule has 1 heterocycles. The number of nitrogens with zero attached hydrogens (tertiary/aromatic N) is 1. The van der Waals surface area contributed by atoms with Crippen LogP contribution in [0.2, 0.25) is 0 Å². The SMILES string of the molecule is Cc1ccc(S(=O)(=O)NCCCNC(=O)[C@@H]2CN(C)c3ccccc3O2)cc1. The number of hydrogen-bond acceptors (Lipinski definition) is 5. The van der Waals surface area contributed by atoms with Gasteiger partial charge in [0.1, 0.15) is 5.75 Å². The summed E-state index contributed by atoms with van der Waals surface area (Å²) in [6, 6.07) is 14.3. The van der Waals surface area contributed by atoms with E-state index in [9.17, 15) is 13.2 Å². The molecule has 7 nitrogen and oxygen atoms in total. The Kier molecular flexibility index (Phi) is 6.21. The number of carbonyl (C=O) groups excluding carboxylic acids is 1. The van der Waals surface area contributed by atoms with Crippen molar-refractivity contribution in [2.45, 2.75) is 24.3 Å². The Balaban J connectivity index is 1.43. The molecule has 3 rings (SSSR count). The number of likely N-dealkylation sites (N-methyl/N-ethyl adjacent to an activating group) is 1. The Hall–Kier alpha value is -2.58. The second-order valence-corrected chi connectivity index (χ2v) is 8.58. The average molecular weight is 404 g/mol. The third-order valence-electron chi connectivity index (χ3n) is 4.55. The molecular weight excluding hydrogens is 378 g/mol. The molecule has 0 unspecified atom stereocenters. The first-order chi connectivity index (χ1) is 13.4. The molecule has 0 aromatic heterocycles. The molecule has 8 heteroatoms. The van der Waals surface area contributed by atoms with Gasteiger partial charge in [-0.25, -0.2) is 13.1 Å². The number of ether oxygens (including phenoxy) is 1. The van der Waals surface area contributed by atoms with Gasteiger partial charge in [-0.3, -0.25) is 4.79 Å². The van der Waals surface area contributed by atoms with Crippen molar-refractivity contribution in [3.05, 3.63) is 54.1 Å². The van der Waals surface area contributed by atoms with E-state index in [1.807, 2.05) is 43.1 Å². The Morgan fingerprint density at radius 1 is 1.14 bits per heavy atom. The fourth-order valence-electron chi connectivity index (χ4n) is 2.97. The molecule has 2 aromatic rings. The molecule has 0 radical (unpaired) electrons. The zero-order valence-electron chi connectivity index (χ0n) is 16.0. The number of para-hydroxylation sites is 2. The molecule has 28 heavy (non-hydrogen) atoms. The lowest BCUT2D eigenvalue weighted by molar-refractivity contribution is -0.127. The Morgan fingerprint density at radius 2 is 1.86 bits per heavy atom. The molecule has 2 aromatic carbocycles. The van der Waals surface area contributed by atoms with Crippen LogP contribution in [0.4, 0.5) is 5.69 Å². The van der Waals surface area contributed by atoms with Crippen LogP contribution >= 0.6 is 0 Å². The molecule has 0 spiro atoms. The van der Waals surface area contributed by atoms with Gasteiger partial charge in [0.15, 0.2) is 6.10 Å². The maximum absolute atomic E-state index is 12.4. The van der Waals surface area contributed by atoms with Crippen LogP contribution in [-0.4, -0.2) is 47.1 Å². The number of fused-ring (bicyclic) bond motifs is 1. The van der Waals surface area contributed by atoms with Crippen LogP contribution < -0.4 is 19.7 Å². The number of amides is 1. The first-order valence-electron chi connectivity index (χ1n) is 9.18. The van der Waals surface area contributed by atoms with Gasteiger partial charge in [0.25, 0.3) is 5.91 Å². The van der Waals surface area contributed by atoms with E-state index < -0.39 is 16.1 Å². The van der Waals surface area contributed by atoms with Crippen LogP contribution in [0.5, 0.6) is 5.75 Å². The number of aryl methyl sites for hydroxylation is 1. The van der Waals surface area contributed by atoms with E-state index in [1.54, 1.807) is 24.3 Å². The van der Waals surface area contributed by atoms with Crippen molar-refractivity contribution in [1.82, 2.24) is 10.0 Å². The van der Waals surface area contributed by atoms with Crippen LogP contribution in [0.3, 0.4) is 0 Å². The quantitative estimate of drug-likeness (QED) is 0.687. The molecular formula is C20H25N3O4S. The molecule has 0 saturated heterocycles. The summed E-state index contributed by atoms with van der Waals surface area (Å²) < 4.78 is 32.8. The summed E-state index contributed by atoms with van der Waals surface area (Å²) in [7, 11) is -1.61.